The van der Waals surface area contributed by atoms with Crippen LogP contribution in [0.3, 0.4) is 0 Å². The molecule has 18 aromatic carbocycles. The summed E-state index contributed by atoms with van der Waals surface area (Å²) in [6, 6.07) is 164. The van der Waals surface area contributed by atoms with Crippen molar-refractivity contribution in [2.45, 2.75) is 68.0 Å². The van der Waals surface area contributed by atoms with Crippen LogP contribution in [0.15, 0.2) is 481 Å². The third kappa shape index (κ3) is 22.8. The number of aldehydes is 1. The van der Waals surface area contributed by atoms with Gasteiger partial charge in [-0.1, -0.05) is 380 Å². The molecule has 0 aliphatic carbocycles. The first-order valence-electron chi connectivity index (χ1n) is 47.8. The van der Waals surface area contributed by atoms with Gasteiger partial charge in [-0.25, -0.2) is 0 Å². The molecule has 2 aliphatic heterocycles. The number of para-hydroxylation sites is 4. The molecule has 2 aliphatic rings. The molecule has 18 aromatic rings. The Morgan fingerprint density at radius 3 is 0.719 bits per heavy atom. The smallest absolute Gasteiger partial charge is 0.150 e. The summed E-state index contributed by atoms with van der Waals surface area (Å²) in [6.45, 7) is 19.2. The molecule has 0 N–H and O–H groups in total. The van der Waals surface area contributed by atoms with E-state index in [1.165, 1.54) is 143 Å². The van der Waals surface area contributed by atoms with Crippen LogP contribution in [0.5, 0.6) is 11.5 Å². The number of rotatable bonds is 25. The van der Waals surface area contributed by atoms with Gasteiger partial charge < -0.3 is 29.1 Å². The number of nitrogens with zero attached hydrogens (tertiary/aromatic N) is 4. The topological polar surface area (TPSA) is 48.5 Å². The number of benzene rings is 18. The van der Waals surface area contributed by atoms with Gasteiger partial charge in [-0.15, -0.1) is 0 Å². The number of hydrogen-bond donors (Lipinski definition) is 0. The number of fused-ring (bicyclic) bond motifs is 4. The highest BCUT2D eigenvalue weighted by Crippen LogP contribution is 2.54. The van der Waals surface area contributed by atoms with Crippen molar-refractivity contribution in [3.63, 3.8) is 0 Å². The second kappa shape index (κ2) is 46.1. The molecular weight excluding hydrogens is 1730 g/mol. The van der Waals surface area contributed by atoms with E-state index in [2.05, 4.69) is 493 Å². The number of aryl methyl sites for hydroxylation is 3. The summed E-state index contributed by atoms with van der Waals surface area (Å²) in [7, 11) is 3.36. The van der Waals surface area contributed by atoms with Crippen LogP contribution < -0.4 is 29.1 Å². The second-order valence-electron chi connectivity index (χ2n) is 34.2. The normalized spacial score (nSPS) is 11.3. The first-order valence-corrected chi connectivity index (χ1v) is 49.4. The first-order chi connectivity index (χ1) is 68.3. The van der Waals surface area contributed by atoms with Gasteiger partial charge in [0.15, 0.2) is 0 Å². The molecule has 0 atom stereocenters. The van der Waals surface area contributed by atoms with Crippen LogP contribution in [0.25, 0.3) is 45.6 Å². The monoisotopic (exact) mass is 1840 g/mol. The fraction of sp³-hybridized carbons (Fsp3) is 0.100. The van der Waals surface area contributed by atoms with Crippen LogP contribution in [-0.2, 0) is 0 Å². The third-order valence-electron chi connectivity index (χ3n) is 25.3. The lowest BCUT2D eigenvalue weighted by Gasteiger charge is -2.33. The van der Waals surface area contributed by atoms with E-state index in [1.807, 2.05) is 72.1 Å². The zero-order valence-electron chi connectivity index (χ0n) is 80.3. The Morgan fingerprint density at radius 2 is 0.460 bits per heavy atom. The molecular formula is C130H114N4O3S2. The zero-order chi connectivity index (χ0) is 95.8. The molecule has 0 amide bonds. The number of hydrogen-bond acceptors (Lipinski definition) is 9. The first kappa shape index (κ1) is 94.8. The summed E-state index contributed by atoms with van der Waals surface area (Å²) in [5.41, 5.74) is 37.8. The lowest BCUT2D eigenvalue weighted by molar-refractivity contribution is 0.112. The predicted molar refractivity (Wildman–Crippen MR) is 592 cm³/mol. The maximum Gasteiger partial charge on any atom is 0.150 e. The minimum Gasteiger partial charge on any atom is -0.497 e. The number of ether oxygens (including phenoxy) is 2. The summed E-state index contributed by atoms with van der Waals surface area (Å²) >= 11 is 3.63. The fourth-order valence-electron chi connectivity index (χ4n) is 18.0. The summed E-state index contributed by atoms with van der Waals surface area (Å²) in [4.78, 5) is 25.9. The van der Waals surface area contributed by atoms with E-state index in [4.69, 9.17) is 9.47 Å². The maximum atomic E-state index is 11.4. The van der Waals surface area contributed by atoms with Crippen molar-refractivity contribution in [2.24, 2.45) is 0 Å². The Morgan fingerprint density at radius 1 is 0.245 bits per heavy atom. The Labute approximate surface area is 829 Å². The molecule has 0 bridgehead atoms. The van der Waals surface area contributed by atoms with E-state index in [0.29, 0.717) is 5.56 Å². The Balaban J connectivity index is 0.000000133. The number of carbonyl (C=O) groups excluding carboxylic acids is 1. The van der Waals surface area contributed by atoms with Gasteiger partial charge in [0, 0.05) is 74.1 Å². The Bertz CT molecular complexity index is 6870. The highest BCUT2D eigenvalue weighted by molar-refractivity contribution is 8.00. The van der Waals surface area contributed by atoms with Crippen molar-refractivity contribution in [3.8, 4) is 11.5 Å². The molecule has 2 heterocycles. The molecule has 9 heteroatoms. The largest absolute Gasteiger partial charge is 0.497 e. The van der Waals surface area contributed by atoms with E-state index >= 15 is 0 Å². The average molecular weight is 1840 g/mol. The second-order valence-corrected chi connectivity index (χ2v) is 36.4. The van der Waals surface area contributed by atoms with Crippen molar-refractivity contribution in [1.29, 1.82) is 0 Å². The van der Waals surface area contributed by atoms with Crippen LogP contribution >= 0.6 is 23.5 Å². The molecule has 20 rings (SSSR count). The van der Waals surface area contributed by atoms with E-state index < -0.39 is 0 Å². The van der Waals surface area contributed by atoms with Gasteiger partial charge in [0.05, 0.1) is 37.0 Å². The summed E-state index contributed by atoms with van der Waals surface area (Å²) in [5, 5.41) is 0. The predicted octanol–water partition coefficient (Wildman–Crippen LogP) is 34.3. The summed E-state index contributed by atoms with van der Waals surface area (Å²) < 4.78 is 10.6. The molecule has 0 radical (unpaired) electrons. The maximum absolute atomic E-state index is 11.4. The van der Waals surface area contributed by atoms with Crippen molar-refractivity contribution in [3.05, 3.63) is 561 Å². The number of carbonyl (C=O) groups is 1. The van der Waals surface area contributed by atoms with Crippen LogP contribution in [-0.4, -0.2) is 46.7 Å². The van der Waals surface area contributed by atoms with Crippen molar-refractivity contribution < 1.29 is 14.3 Å². The number of anilines is 8. The summed E-state index contributed by atoms with van der Waals surface area (Å²) in [5.74, 6) is 1.71. The average Bonchev–Trinajstić information content (AvgIpc) is 0.760. The minimum absolute atomic E-state index is 0.665. The van der Waals surface area contributed by atoms with Crippen molar-refractivity contribution in [2.75, 3.05) is 60.0 Å². The van der Waals surface area contributed by atoms with Gasteiger partial charge >= 0.3 is 0 Å². The number of methoxy groups -OCH3 is 2. The molecule has 0 aromatic heterocycles. The SMILES string of the molecule is CCN(CC)c1ccc(C(=C(c2ccccc2)c2ccc(C)cc2)c2ccc(N(CC)CC)cc2)cc1.COc1ccc(C(=Cc2ccc(C)cc2)c2ccc(OC)cc2)cc1.Cc1ccc(C(=C(c2ccccc2)c2ccccc2)c2ccccc2)cc1.O=Cc1ccc(C=C(c2ccc(N3c4ccccc4Sc4ccccc43)cc2)c2ccc(N3c4ccccc4Sc4ccccc43)cc2)cc1. The Kier molecular flexibility index (Phi) is 31.4. The summed E-state index contributed by atoms with van der Waals surface area (Å²) in [6.07, 6.45) is 5.31. The van der Waals surface area contributed by atoms with E-state index in [-0.39, 0.29) is 0 Å². The highest BCUT2D eigenvalue weighted by atomic mass is 32.2. The quantitative estimate of drug-likeness (QED) is 0.0411. The van der Waals surface area contributed by atoms with Crippen molar-refractivity contribution in [1.82, 2.24) is 0 Å². The molecule has 7 nitrogen and oxygen atoms in total. The van der Waals surface area contributed by atoms with Crippen LogP contribution in [0.1, 0.15) is 133 Å². The minimum atomic E-state index is 0.665. The molecule has 0 fully saturated rings. The van der Waals surface area contributed by atoms with Gasteiger partial charge in [0.2, 0.25) is 0 Å². The standard InChI is InChI=1S/C45H30N2OS2.C35H40N2.C27H22.C23H22O2/c48-30-32-19-17-31(18-20-32)29-37(33-21-25-35(26-22-33)46-38-9-1-5-13-42(38)49-43-14-6-2-10-39(43)46)34-23-27-36(28-24-34)47-40-11-3-7-15-44(40)50-45-16-8-4-12-41(45)47;1-6-36(7-2)32-23-19-30(20-24-32)35(31-21-25-33(26-22-31)37(8-3)9-4)34(28-13-11-10-12-14-28)29-17-15-27(5)16-18-29;1-21-17-19-25(20-18-21)27(24-15-9-4-10-16-24)26(22-11-5-2-6-12-22)23-13-7-3-8-14-23;1-17-4-6-18(7-5-17)16-23(19-8-12-21(24-2)13-9-19)20-10-14-22(25-3)15-11-20/h1-30H;10-26H,6-9H2,1-5H3;2-20H,1H3;4-16H,1-3H3. The molecule has 0 saturated heterocycles. The van der Waals surface area contributed by atoms with Gasteiger partial charge in [-0.2, -0.15) is 0 Å². The molecule has 0 unspecified atom stereocenters. The Hall–Kier alpha value is -15.9. The lowest BCUT2D eigenvalue weighted by atomic mass is 9.85. The van der Waals surface area contributed by atoms with Crippen LogP contribution in [0.2, 0.25) is 0 Å². The van der Waals surface area contributed by atoms with Crippen molar-refractivity contribution >= 4 is 121 Å². The molecule has 139 heavy (non-hydrogen) atoms. The van der Waals surface area contributed by atoms with E-state index in [0.717, 1.165) is 94.3 Å². The van der Waals surface area contributed by atoms with Crippen LogP contribution in [0.4, 0.5) is 45.5 Å². The molecule has 0 spiro atoms. The molecule has 0 saturated carbocycles. The highest BCUT2D eigenvalue weighted by Gasteiger charge is 2.28. The van der Waals surface area contributed by atoms with Gasteiger partial charge in [-0.3, -0.25) is 4.79 Å². The fourth-order valence-corrected chi connectivity index (χ4v) is 20.1. The zero-order valence-corrected chi connectivity index (χ0v) is 81.9. The van der Waals surface area contributed by atoms with Crippen LogP contribution in [0, 0.1) is 20.8 Å². The van der Waals surface area contributed by atoms with E-state index in [1.54, 1.807) is 14.2 Å². The molecule has 684 valence electrons. The van der Waals surface area contributed by atoms with Gasteiger partial charge in [0.1, 0.15) is 17.8 Å². The van der Waals surface area contributed by atoms with Gasteiger partial charge in [0.25, 0.3) is 0 Å². The lowest BCUT2D eigenvalue weighted by Crippen LogP contribution is -2.21. The third-order valence-corrected chi connectivity index (χ3v) is 27.6. The van der Waals surface area contributed by atoms with E-state index in [9.17, 15) is 4.79 Å². The van der Waals surface area contributed by atoms with Gasteiger partial charge in [-0.05, 0) is 293 Å².